The summed E-state index contributed by atoms with van der Waals surface area (Å²) in [5.41, 5.74) is 8.45. The highest BCUT2D eigenvalue weighted by Gasteiger charge is 2.09. The van der Waals surface area contributed by atoms with Gasteiger partial charge in [-0.2, -0.15) is 0 Å². The van der Waals surface area contributed by atoms with Gasteiger partial charge in [-0.05, 0) is 12.1 Å². The minimum atomic E-state index is -0.460. The Hall–Kier alpha value is -2.66. The third kappa shape index (κ3) is 2.93. The average Bonchev–Trinajstić information content (AvgIpc) is 2.97. The van der Waals surface area contributed by atoms with E-state index in [0.717, 1.165) is 16.4 Å². The third-order valence-corrected chi connectivity index (χ3v) is 3.77. The lowest BCUT2D eigenvalue weighted by atomic mass is 10.1. The molecule has 0 aliphatic rings. The summed E-state index contributed by atoms with van der Waals surface area (Å²) in [6.45, 7) is 0. The molecule has 0 atom stereocenters. The molecule has 3 aromatic rings. The lowest BCUT2D eigenvalue weighted by Gasteiger charge is -2.06. The second-order valence-corrected chi connectivity index (χ2v) is 5.30. The van der Waals surface area contributed by atoms with Crippen molar-refractivity contribution in [1.29, 1.82) is 0 Å². The number of hydrogen-bond donors (Lipinski definition) is 2. The Morgan fingerprint density at radius 3 is 2.52 bits per heavy atom. The molecule has 0 saturated carbocycles. The zero-order chi connectivity index (χ0) is 14.7. The van der Waals surface area contributed by atoms with E-state index in [4.69, 9.17) is 5.73 Å². The molecule has 0 saturated heterocycles. The normalized spacial score (nSPS) is 10.3. The molecule has 0 aliphatic heterocycles. The molecule has 0 aliphatic carbocycles. The van der Waals surface area contributed by atoms with Gasteiger partial charge in [0.2, 0.25) is 0 Å². The highest BCUT2D eigenvalue weighted by atomic mass is 32.1. The van der Waals surface area contributed by atoms with Gasteiger partial charge in [0, 0.05) is 10.9 Å². The Balaban J connectivity index is 1.87. The van der Waals surface area contributed by atoms with Crippen LogP contribution in [0.15, 0.2) is 60.0 Å². The molecule has 3 N–H and O–H groups in total. The quantitative estimate of drug-likeness (QED) is 0.772. The summed E-state index contributed by atoms with van der Waals surface area (Å²) in [7, 11) is 0. The first-order valence-electron chi connectivity index (χ1n) is 6.41. The van der Waals surface area contributed by atoms with E-state index >= 15 is 0 Å². The van der Waals surface area contributed by atoms with Gasteiger partial charge in [0.05, 0.1) is 16.9 Å². The fourth-order valence-electron chi connectivity index (χ4n) is 1.99. The summed E-state index contributed by atoms with van der Waals surface area (Å²) < 4.78 is 0. The lowest BCUT2D eigenvalue weighted by Crippen LogP contribution is -2.13. The summed E-state index contributed by atoms with van der Waals surface area (Å²) in [6, 6.07) is 17.1. The fourth-order valence-corrected chi connectivity index (χ4v) is 2.73. The van der Waals surface area contributed by atoms with Crippen LogP contribution in [-0.4, -0.2) is 10.9 Å². The molecule has 104 valence electrons. The van der Waals surface area contributed by atoms with Crippen molar-refractivity contribution in [3.05, 3.63) is 65.5 Å². The van der Waals surface area contributed by atoms with E-state index in [0.29, 0.717) is 11.3 Å². The first-order valence-corrected chi connectivity index (χ1v) is 7.29. The molecule has 5 heteroatoms. The van der Waals surface area contributed by atoms with Gasteiger partial charge in [-0.1, -0.05) is 42.5 Å². The first-order chi connectivity index (χ1) is 10.2. The molecule has 4 nitrogen and oxygen atoms in total. The van der Waals surface area contributed by atoms with Gasteiger partial charge in [0.25, 0.3) is 5.91 Å². The van der Waals surface area contributed by atoms with Gasteiger partial charge in [0.1, 0.15) is 0 Å². The fraction of sp³-hybridized carbons (Fsp3) is 0. The zero-order valence-electron chi connectivity index (χ0n) is 11.1. The van der Waals surface area contributed by atoms with Crippen LogP contribution in [0.5, 0.6) is 0 Å². The molecule has 0 bridgehead atoms. The van der Waals surface area contributed by atoms with Gasteiger partial charge in [-0.3, -0.25) is 4.79 Å². The maximum Gasteiger partial charge on any atom is 0.250 e. The minimum absolute atomic E-state index is 0.453. The number of carbonyl (C=O) groups is 1. The van der Waals surface area contributed by atoms with Crippen LogP contribution in [0.1, 0.15) is 10.4 Å². The van der Waals surface area contributed by atoms with Crippen molar-refractivity contribution in [3.63, 3.8) is 0 Å². The van der Waals surface area contributed by atoms with Crippen molar-refractivity contribution < 1.29 is 4.79 Å². The number of nitrogens with zero attached hydrogens (tertiary/aromatic N) is 1. The number of rotatable bonds is 4. The van der Waals surface area contributed by atoms with Crippen LogP contribution in [0.25, 0.3) is 11.3 Å². The maximum absolute atomic E-state index is 11.4. The second-order valence-electron chi connectivity index (χ2n) is 4.44. The Bertz CT molecular complexity index is 768. The van der Waals surface area contributed by atoms with Crippen LogP contribution in [0.4, 0.5) is 10.8 Å². The van der Waals surface area contributed by atoms with E-state index in [2.05, 4.69) is 10.3 Å². The van der Waals surface area contributed by atoms with Gasteiger partial charge in [-0.15, -0.1) is 11.3 Å². The number of primary amides is 1. The number of para-hydroxylation sites is 1. The van der Waals surface area contributed by atoms with Gasteiger partial charge >= 0.3 is 0 Å². The first kappa shape index (κ1) is 13.3. The van der Waals surface area contributed by atoms with Crippen molar-refractivity contribution in [1.82, 2.24) is 4.98 Å². The van der Waals surface area contributed by atoms with E-state index in [1.165, 1.54) is 11.3 Å². The molecular weight excluding hydrogens is 282 g/mol. The molecule has 0 fully saturated rings. The Labute approximate surface area is 126 Å². The largest absolute Gasteiger partial charge is 0.366 e. The molecule has 0 unspecified atom stereocenters. The van der Waals surface area contributed by atoms with Crippen LogP contribution >= 0.6 is 11.3 Å². The Morgan fingerprint density at radius 1 is 1.05 bits per heavy atom. The molecule has 0 radical (unpaired) electrons. The van der Waals surface area contributed by atoms with Gasteiger partial charge < -0.3 is 11.1 Å². The Kier molecular flexibility index (Phi) is 3.66. The topological polar surface area (TPSA) is 68.0 Å². The number of aromatic nitrogens is 1. The predicted octanol–water partition coefficient (Wildman–Crippen LogP) is 3.65. The van der Waals surface area contributed by atoms with Crippen LogP contribution in [-0.2, 0) is 0 Å². The molecule has 2 aromatic carbocycles. The number of hydrogen-bond acceptors (Lipinski definition) is 4. The number of carbonyl (C=O) groups excluding carboxylic acids is 1. The molecule has 0 spiro atoms. The van der Waals surface area contributed by atoms with E-state index in [1.54, 1.807) is 12.1 Å². The van der Waals surface area contributed by atoms with Gasteiger partial charge in [0.15, 0.2) is 5.13 Å². The molecule has 1 heterocycles. The van der Waals surface area contributed by atoms with E-state index in [9.17, 15) is 4.79 Å². The molecule has 1 aromatic heterocycles. The van der Waals surface area contributed by atoms with Crippen molar-refractivity contribution >= 4 is 28.1 Å². The summed E-state index contributed by atoms with van der Waals surface area (Å²) in [5, 5.41) is 5.85. The predicted molar refractivity (Wildman–Crippen MR) is 85.8 cm³/mol. The summed E-state index contributed by atoms with van der Waals surface area (Å²) in [5.74, 6) is -0.460. The summed E-state index contributed by atoms with van der Waals surface area (Å²) in [4.78, 5) is 15.9. The van der Waals surface area contributed by atoms with Crippen LogP contribution in [0, 0.1) is 0 Å². The van der Waals surface area contributed by atoms with Gasteiger partial charge in [-0.25, -0.2) is 4.98 Å². The number of anilines is 2. The van der Waals surface area contributed by atoms with Crippen LogP contribution in [0.2, 0.25) is 0 Å². The number of amides is 1. The van der Waals surface area contributed by atoms with Crippen molar-refractivity contribution in [2.45, 2.75) is 0 Å². The van der Waals surface area contributed by atoms with E-state index in [-0.39, 0.29) is 0 Å². The maximum atomic E-state index is 11.4. The molecule has 1 amide bonds. The smallest absolute Gasteiger partial charge is 0.250 e. The standard InChI is InChI=1S/C16H13N3OS/c17-15(20)12-8-4-5-9-13(12)18-16-19-14(10-21-16)11-6-2-1-3-7-11/h1-10H,(H2,17,20)(H,18,19). The highest BCUT2D eigenvalue weighted by Crippen LogP contribution is 2.28. The third-order valence-electron chi connectivity index (χ3n) is 3.01. The monoisotopic (exact) mass is 295 g/mol. The zero-order valence-corrected chi connectivity index (χ0v) is 11.9. The van der Waals surface area contributed by atoms with E-state index in [1.807, 2.05) is 47.8 Å². The van der Waals surface area contributed by atoms with Crippen molar-refractivity contribution in [2.24, 2.45) is 5.73 Å². The number of nitrogens with two attached hydrogens (primary N) is 1. The minimum Gasteiger partial charge on any atom is -0.366 e. The molecule has 21 heavy (non-hydrogen) atoms. The number of nitrogens with one attached hydrogen (secondary N) is 1. The van der Waals surface area contributed by atoms with E-state index < -0.39 is 5.91 Å². The van der Waals surface area contributed by atoms with Crippen molar-refractivity contribution in [3.8, 4) is 11.3 Å². The number of thiazole rings is 1. The highest BCUT2D eigenvalue weighted by molar-refractivity contribution is 7.14. The second kappa shape index (κ2) is 5.76. The Morgan fingerprint density at radius 2 is 1.76 bits per heavy atom. The summed E-state index contributed by atoms with van der Waals surface area (Å²) in [6.07, 6.45) is 0. The molecular formula is C16H13N3OS. The lowest BCUT2D eigenvalue weighted by molar-refractivity contribution is 0.100. The summed E-state index contributed by atoms with van der Waals surface area (Å²) >= 11 is 1.49. The van der Waals surface area contributed by atoms with Crippen LogP contribution in [0.3, 0.4) is 0 Å². The molecule has 3 rings (SSSR count). The van der Waals surface area contributed by atoms with Crippen LogP contribution < -0.4 is 11.1 Å². The average molecular weight is 295 g/mol. The number of benzene rings is 2. The van der Waals surface area contributed by atoms with Crippen molar-refractivity contribution in [2.75, 3.05) is 5.32 Å². The SMILES string of the molecule is NC(=O)c1ccccc1Nc1nc(-c2ccccc2)cs1.